The van der Waals surface area contributed by atoms with Gasteiger partial charge in [0.1, 0.15) is 17.9 Å². The summed E-state index contributed by atoms with van der Waals surface area (Å²) in [4.78, 5) is 18.9. The second-order valence-electron chi connectivity index (χ2n) is 5.82. The molecule has 0 radical (unpaired) electrons. The highest BCUT2D eigenvalue weighted by atomic mass is 35.5. The molecular formula is C20H23ClN2O3. The lowest BCUT2D eigenvalue weighted by Crippen LogP contribution is -2.14. The molecule has 0 fully saturated rings. The summed E-state index contributed by atoms with van der Waals surface area (Å²) in [5, 5.41) is 0.563. The second-order valence-corrected chi connectivity index (χ2v) is 6.23. The average molecular weight is 375 g/mol. The summed E-state index contributed by atoms with van der Waals surface area (Å²) in [6, 6.07) is 10.7. The van der Waals surface area contributed by atoms with Gasteiger partial charge in [0.25, 0.3) is 0 Å². The monoisotopic (exact) mass is 374 g/mol. The maximum absolute atomic E-state index is 12.5. The number of hydrogen-bond acceptors (Lipinski definition) is 4. The Labute approximate surface area is 159 Å². The van der Waals surface area contributed by atoms with Crippen LogP contribution in [0.1, 0.15) is 28.4 Å². The van der Waals surface area contributed by atoms with Crippen LogP contribution in [0.5, 0.6) is 5.75 Å². The van der Waals surface area contributed by atoms with Crippen LogP contribution in [-0.2, 0) is 11.3 Å². The van der Waals surface area contributed by atoms with E-state index in [1.54, 1.807) is 24.5 Å². The first-order chi connectivity index (χ1) is 12.5. The Hall–Kier alpha value is -2.53. The summed E-state index contributed by atoms with van der Waals surface area (Å²) >= 11 is 6.09. The zero-order valence-electron chi connectivity index (χ0n) is 15.5. The SMILES string of the molecule is CCN(C)C=Nc1cc(OC)c(C(=O)OCc2ccccc2Cl)cc1C. The van der Waals surface area contributed by atoms with Gasteiger partial charge in [-0.2, -0.15) is 0 Å². The van der Waals surface area contributed by atoms with E-state index < -0.39 is 5.97 Å². The molecule has 0 atom stereocenters. The van der Waals surface area contributed by atoms with E-state index in [-0.39, 0.29) is 6.61 Å². The normalized spacial score (nSPS) is 10.8. The van der Waals surface area contributed by atoms with Crippen molar-refractivity contribution in [2.24, 2.45) is 4.99 Å². The first kappa shape index (κ1) is 19.8. The van der Waals surface area contributed by atoms with Crippen LogP contribution in [0.25, 0.3) is 0 Å². The number of methoxy groups -OCH3 is 1. The van der Waals surface area contributed by atoms with Crippen molar-refractivity contribution >= 4 is 29.6 Å². The van der Waals surface area contributed by atoms with E-state index in [9.17, 15) is 4.79 Å². The molecule has 0 aliphatic rings. The van der Waals surface area contributed by atoms with Crippen LogP contribution >= 0.6 is 11.6 Å². The largest absolute Gasteiger partial charge is 0.496 e. The fourth-order valence-corrected chi connectivity index (χ4v) is 2.41. The van der Waals surface area contributed by atoms with E-state index >= 15 is 0 Å². The standard InChI is InChI=1S/C20H23ClN2O3/c1-5-23(3)13-22-18-11-19(25-4)16(10-14(18)2)20(24)26-12-15-8-6-7-9-17(15)21/h6-11,13H,5,12H2,1-4H3. The third-order valence-corrected chi connectivity index (χ3v) is 4.32. The zero-order chi connectivity index (χ0) is 19.1. The van der Waals surface area contributed by atoms with Crippen LogP contribution in [0.4, 0.5) is 5.69 Å². The Bertz CT molecular complexity index is 806. The van der Waals surface area contributed by atoms with Gasteiger partial charge in [-0.15, -0.1) is 0 Å². The molecule has 0 amide bonds. The third kappa shape index (κ3) is 4.99. The summed E-state index contributed by atoms with van der Waals surface area (Å²) in [6.45, 7) is 4.88. The van der Waals surface area contributed by atoms with Crippen molar-refractivity contribution in [1.29, 1.82) is 0 Å². The molecule has 138 valence electrons. The molecule has 6 heteroatoms. The third-order valence-electron chi connectivity index (χ3n) is 3.95. The molecule has 0 unspecified atom stereocenters. The molecule has 2 aromatic carbocycles. The van der Waals surface area contributed by atoms with Gasteiger partial charge in [-0.25, -0.2) is 9.79 Å². The van der Waals surface area contributed by atoms with Gasteiger partial charge in [0.15, 0.2) is 0 Å². The maximum Gasteiger partial charge on any atom is 0.342 e. The summed E-state index contributed by atoms with van der Waals surface area (Å²) in [7, 11) is 3.46. The van der Waals surface area contributed by atoms with E-state index in [4.69, 9.17) is 21.1 Å². The highest BCUT2D eigenvalue weighted by molar-refractivity contribution is 6.31. The molecule has 0 aromatic heterocycles. The summed E-state index contributed by atoms with van der Waals surface area (Å²) in [6.07, 6.45) is 1.75. The minimum absolute atomic E-state index is 0.0991. The zero-order valence-corrected chi connectivity index (χ0v) is 16.2. The topological polar surface area (TPSA) is 51.1 Å². The molecule has 0 heterocycles. The van der Waals surface area contributed by atoms with E-state index in [1.165, 1.54) is 7.11 Å². The Kier molecular flexibility index (Phi) is 7.04. The van der Waals surface area contributed by atoms with Gasteiger partial charge >= 0.3 is 5.97 Å². The van der Waals surface area contributed by atoms with Crippen molar-refractivity contribution < 1.29 is 14.3 Å². The number of nitrogens with zero attached hydrogens (tertiary/aromatic N) is 2. The predicted molar refractivity (Wildman–Crippen MR) is 105 cm³/mol. The van der Waals surface area contributed by atoms with Crippen molar-refractivity contribution in [3.05, 3.63) is 58.1 Å². The number of carbonyl (C=O) groups excluding carboxylic acids is 1. The Morgan fingerprint density at radius 1 is 1.31 bits per heavy atom. The molecule has 0 saturated heterocycles. The molecule has 0 bridgehead atoms. The number of rotatable bonds is 7. The number of benzene rings is 2. The van der Waals surface area contributed by atoms with Gasteiger partial charge in [-0.05, 0) is 31.5 Å². The van der Waals surface area contributed by atoms with E-state index in [0.29, 0.717) is 16.3 Å². The average Bonchev–Trinajstić information content (AvgIpc) is 2.65. The van der Waals surface area contributed by atoms with Gasteiger partial charge in [0.05, 0.1) is 19.1 Å². The van der Waals surface area contributed by atoms with E-state index in [1.807, 2.05) is 44.0 Å². The number of hydrogen-bond donors (Lipinski definition) is 0. The van der Waals surface area contributed by atoms with Crippen molar-refractivity contribution in [3.8, 4) is 5.75 Å². The second kappa shape index (κ2) is 9.25. The Morgan fingerprint density at radius 2 is 2.04 bits per heavy atom. The molecule has 26 heavy (non-hydrogen) atoms. The van der Waals surface area contributed by atoms with Crippen LogP contribution in [0.3, 0.4) is 0 Å². The van der Waals surface area contributed by atoms with E-state index in [0.717, 1.165) is 23.4 Å². The molecule has 0 N–H and O–H groups in total. The fraction of sp³-hybridized carbons (Fsp3) is 0.300. The molecule has 2 rings (SSSR count). The van der Waals surface area contributed by atoms with Gasteiger partial charge < -0.3 is 14.4 Å². The smallest absolute Gasteiger partial charge is 0.342 e. The van der Waals surface area contributed by atoms with Gasteiger partial charge in [0.2, 0.25) is 0 Å². The van der Waals surface area contributed by atoms with Crippen LogP contribution < -0.4 is 4.74 Å². The lowest BCUT2D eigenvalue weighted by Gasteiger charge is -2.13. The molecule has 5 nitrogen and oxygen atoms in total. The maximum atomic E-state index is 12.5. The highest BCUT2D eigenvalue weighted by Gasteiger charge is 2.17. The van der Waals surface area contributed by atoms with Crippen molar-refractivity contribution in [3.63, 3.8) is 0 Å². The summed E-state index contributed by atoms with van der Waals surface area (Å²) < 4.78 is 10.8. The van der Waals surface area contributed by atoms with Crippen molar-refractivity contribution in [1.82, 2.24) is 4.90 Å². The number of carbonyl (C=O) groups is 1. The minimum Gasteiger partial charge on any atom is -0.496 e. The molecule has 0 aliphatic carbocycles. The summed E-state index contributed by atoms with van der Waals surface area (Å²) in [5.74, 6) is -0.0443. The number of esters is 1. The van der Waals surface area contributed by atoms with Gasteiger partial charge in [-0.3, -0.25) is 0 Å². The number of aryl methyl sites for hydroxylation is 1. The number of halogens is 1. The molecule has 0 aliphatic heterocycles. The molecular weight excluding hydrogens is 352 g/mol. The van der Waals surface area contributed by atoms with Crippen LogP contribution in [0, 0.1) is 6.92 Å². The Morgan fingerprint density at radius 3 is 2.69 bits per heavy atom. The van der Waals surface area contributed by atoms with Crippen molar-refractivity contribution in [2.75, 3.05) is 20.7 Å². The van der Waals surface area contributed by atoms with Crippen molar-refractivity contribution in [2.45, 2.75) is 20.5 Å². The lowest BCUT2D eigenvalue weighted by atomic mass is 10.1. The minimum atomic E-state index is -0.467. The molecule has 0 saturated carbocycles. The van der Waals surface area contributed by atoms with Crippen LogP contribution in [-0.4, -0.2) is 37.9 Å². The molecule has 0 spiro atoms. The van der Waals surface area contributed by atoms with Crippen LogP contribution in [0.15, 0.2) is 41.4 Å². The van der Waals surface area contributed by atoms with E-state index in [2.05, 4.69) is 4.99 Å². The highest BCUT2D eigenvalue weighted by Crippen LogP contribution is 2.30. The predicted octanol–water partition coefficient (Wildman–Crippen LogP) is 4.63. The van der Waals surface area contributed by atoms with Gasteiger partial charge in [0, 0.05) is 30.2 Å². The number of ether oxygens (including phenoxy) is 2. The molecule has 2 aromatic rings. The van der Waals surface area contributed by atoms with Gasteiger partial charge in [-0.1, -0.05) is 29.8 Å². The first-order valence-electron chi connectivity index (χ1n) is 8.29. The van der Waals surface area contributed by atoms with Crippen LogP contribution in [0.2, 0.25) is 5.02 Å². The first-order valence-corrected chi connectivity index (χ1v) is 8.67. The number of aliphatic imine (C=N–C) groups is 1. The lowest BCUT2D eigenvalue weighted by molar-refractivity contribution is 0.0469. The quantitative estimate of drug-likeness (QED) is 0.403. The summed E-state index contributed by atoms with van der Waals surface area (Å²) in [5.41, 5.74) is 2.71. The Balaban J connectivity index is 2.20. The fourth-order valence-electron chi connectivity index (χ4n) is 2.22.